The van der Waals surface area contributed by atoms with Crippen molar-refractivity contribution in [3.8, 4) is 0 Å². The molecule has 0 aliphatic heterocycles. The van der Waals surface area contributed by atoms with Crippen LogP contribution >= 0.6 is 11.6 Å². The summed E-state index contributed by atoms with van der Waals surface area (Å²) in [6.07, 6.45) is 0.669. The highest BCUT2D eigenvalue weighted by atomic mass is 35.5. The molecular weight excluding hydrogens is 266 g/mol. The Hall–Kier alpha value is -2.08. The summed E-state index contributed by atoms with van der Waals surface area (Å²) < 4.78 is 1.47. The van der Waals surface area contributed by atoms with Crippen LogP contribution in [0.1, 0.15) is 23.1 Å². The molecule has 0 spiro atoms. The molecule has 0 bridgehead atoms. The van der Waals surface area contributed by atoms with Crippen LogP contribution in [0.25, 0.3) is 0 Å². The maximum Gasteiger partial charge on any atom is 0.277 e. The molecule has 0 saturated heterocycles. The summed E-state index contributed by atoms with van der Waals surface area (Å²) in [4.78, 5) is 16.1. The van der Waals surface area contributed by atoms with Gasteiger partial charge in [0, 0.05) is 7.05 Å². The first-order valence-electron chi connectivity index (χ1n) is 5.78. The summed E-state index contributed by atoms with van der Waals surface area (Å²) in [6.45, 7) is 1.93. The van der Waals surface area contributed by atoms with Crippen LogP contribution in [0.4, 0.5) is 11.5 Å². The van der Waals surface area contributed by atoms with Crippen molar-refractivity contribution in [1.29, 1.82) is 0 Å². The fourth-order valence-corrected chi connectivity index (χ4v) is 1.94. The number of amides is 1. The van der Waals surface area contributed by atoms with E-state index in [9.17, 15) is 4.79 Å². The second-order valence-corrected chi connectivity index (χ2v) is 4.37. The van der Waals surface area contributed by atoms with Gasteiger partial charge in [0.05, 0.1) is 11.4 Å². The van der Waals surface area contributed by atoms with E-state index in [1.807, 2.05) is 6.92 Å². The maximum absolute atomic E-state index is 12.2. The average Bonchev–Trinajstić information content (AvgIpc) is 2.64. The molecule has 7 heteroatoms. The van der Waals surface area contributed by atoms with E-state index >= 15 is 0 Å². The van der Waals surface area contributed by atoms with Crippen molar-refractivity contribution < 1.29 is 4.79 Å². The largest absolute Gasteiger partial charge is 0.395 e. The van der Waals surface area contributed by atoms with Crippen LogP contribution in [0, 0.1) is 0 Å². The van der Waals surface area contributed by atoms with Crippen LogP contribution in [0.3, 0.4) is 0 Å². The van der Waals surface area contributed by atoms with Crippen molar-refractivity contribution in [2.75, 3.05) is 11.1 Å². The fourth-order valence-electron chi connectivity index (χ4n) is 1.78. The second kappa shape index (κ2) is 5.27. The van der Waals surface area contributed by atoms with E-state index in [0.717, 1.165) is 0 Å². The summed E-state index contributed by atoms with van der Waals surface area (Å²) in [5.41, 5.74) is 7.32. The Morgan fingerprint density at radius 1 is 1.53 bits per heavy atom. The first-order chi connectivity index (χ1) is 9.02. The highest BCUT2D eigenvalue weighted by Gasteiger charge is 2.19. The second-order valence-electron chi connectivity index (χ2n) is 3.99. The molecule has 0 atom stereocenters. The third kappa shape index (κ3) is 2.68. The summed E-state index contributed by atoms with van der Waals surface area (Å²) in [6, 6.07) is 4.98. The minimum Gasteiger partial charge on any atom is -0.395 e. The Labute approximate surface area is 115 Å². The number of halogens is 1. The molecule has 2 aromatic rings. The molecule has 2 aromatic heterocycles. The summed E-state index contributed by atoms with van der Waals surface area (Å²) in [7, 11) is 1.68. The van der Waals surface area contributed by atoms with Gasteiger partial charge in [-0.15, -0.1) is 0 Å². The monoisotopic (exact) mass is 279 g/mol. The van der Waals surface area contributed by atoms with Crippen molar-refractivity contribution in [3.05, 3.63) is 34.7 Å². The van der Waals surface area contributed by atoms with Crippen molar-refractivity contribution in [2.45, 2.75) is 13.3 Å². The first kappa shape index (κ1) is 13.4. The lowest BCUT2D eigenvalue weighted by Crippen LogP contribution is -2.18. The zero-order chi connectivity index (χ0) is 14.0. The molecule has 0 saturated carbocycles. The van der Waals surface area contributed by atoms with Crippen LogP contribution in [-0.4, -0.2) is 20.7 Å². The number of carbonyl (C=O) groups is 1. The van der Waals surface area contributed by atoms with Crippen molar-refractivity contribution in [3.63, 3.8) is 0 Å². The molecule has 19 heavy (non-hydrogen) atoms. The number of hydrogen-bond donors (Lipinski definition) is 2. The molecule has 3 N–H and O–H groups in total. The van der Waals surface area contributed by atoms with Crippen molar-refractivity contribution >= 4 is 29.0 Å². The predicted octanol–water partition coefficient (Wildman–Crippen LogP) is 1.87. The molecule has 100 valence electrons. The van der Waals surface area contributed by atoms with E-state index < -0.39 is 0 Å². The molecule has 0 aliphatic rings. The van der Waals surface area contributed by atoms with E-state index in [-0.39, 0.29) is 5.91 Å². The third-order valence-corrected chi connectivity index (χ3v) is 2.88. The normalized spacial score (nSPS) is 10.5. The topological polar surface area (TPSA) is 85.8 Å². The molecule has 0 fully saturated rings. The van der Waals surface area contributed by atoms with E-state index in [4.69, 9.17) is 17.3 Å². The number of nitrogens with zero attached hydrogens (tertiary/aromatic N) is 3. The first-order valence-corrected chi connectivity index (χ1v) is 6.16. The Bertz CT molecular complexity index is 623. The van der Waals surface area contributed by atoms with Gasteiger partial charge >= 0.3 is 0 Å². The Morgan fingerprint density at radius 3 is 2.84 bits per heavy atom. The van der Waals surface area contributed by atoms with E-state index in [0.29, 0.717) is 34.5 Å². The molecule has 2 rings (SSSR count). The molecule has 0 aliphatic carbocycles. The Kier molecular flexibility index (Phi) is 3.71. The van der Waals surface area contributed by atoms with E-state index in [2.05, 4.69) is 15.4 Å². The van der Waals surface area contributed by atoms with Gasteiger partial charge in [-0.25, -0.2) is 4.98 Å². The van der Waals surface area contributed by atoms with Crippen LogP contribution in [-0.2, 0) is 13.5 Å². The minimum absolute atomic E-state index is 0.310. The van der Waals surface area contributed by atoms with Gasteiger partial charge in [0.25, 0.3) is 5.91 Å². The lowest BCUT2D eigenvalue weighted by Gasteiger charge is -2.05. The lowest BCUT2D eigenvalue weighted by molar-refractivity contribution is 0.101. The van der Waals surface area contributed by atoms with Gasteiger partial charge in [-0.1, -0.05) is 24.6 Å². The van der Waals surface area contributed by atoms with Gasteiger partial charge < -0.3 is 11.1 Å². The number of hydrogen-bond acceptors (Lipinski definition) is 4. The van der Waals surface area contributed by atoms with Crippen molar-refractivity contribution in [1.82, 2.24) is 14.8 Å². The quantitative estimate of drug-likeness (QED) is 0.840. The average molecular weight is 280 g/mol. The Morgan fingerprint density at radius 2 is 2.26 bits per heavy atom. The number of aromatic nitrogens is 3. The number of nitrogen functional groups attached to an aromatic ring is 1. The molecular formula is C12H14ClN5O. The fraction of sp³-hybridized carbons (Fsp3) is 0.250. The molecule has 0 aromatic carbocycles. The highest BCUT2D eigenvalue weighted by Crippen LogP contribution is 2.18. The standard InChI is InChI=1S/C12H14ClN5O/c1-3-7-10(14)11(18(2)17-7)12(19)16-9-6-4-5-8(13)15-9/h4-6H,3,14H2,1-2H3,(H,15,16,19). The van der Waals surface area contributed by atoms with Gasteiger partial charge in [-0.3, -0.25) is 9.48 Å². The summed E-state index contributed by atoms with van der Waals surface area (Å²) >= 11 is 5.76. The highest BCUT2D eigenvalue weighted by molar-refractivity contribution is 6.29. The number of pyridine rings is 1. The number of nitrogens with one attached hydrogen (secondary N) is 1. The Balaban J connectivity index is 2.28. The number of aryl methyl sites for hydroxylation is 2. The molecule has 2 heterocycles. The maximum atomic E-state index is 12.2. The van der Waals surface area contributed by atoms with Crippen LogP contribution in [0.5, 0.6) is 0 Å². The van der Waals surface area contributed by atoms with Gasteiger partial charge in [-0.05, 0) is 18.6 Å². The van der Waals surface area contributed by atoms with Crippen LogP contribution in [0.2, 0.25) is 5.15 Å². The minimum atomic E-state index is -0.359. The molecule has 0 radical (unpaired) electrons. The third-order valence-electron chi connectivity index (χ3n) is 2.67. The van der Waals surface area contributed by atoms with Gasteiger partial charge in [0.1, 0.15) is 16.7 Å². The number of anilines is 2. The molecule has 1 amide bonds. The summed E-state index contributed by atoms with van der Waals surface area (Å²) in [5, 5.41) is 7.15. The molecule has 0 unspecified atom stereocenters. The smallest absolute Gasteiger partial charge is 0.277 e. The van der Waals surface area contributed by atoms with Crippen molar-refractivity contribution in [2.24, 2.45) is 7.05 Å². The predicted molar refractivity (Wildman–Crippen MR) is 74.2 cm³/mol. The SMILES string of the molecule is CCc1nn(C)c(C(=O)Nc2cccc(Cl)n2)c1N. The van der Waals surface area contributed by atoms with Gasteiger partial charge in [0.15, 0.2) is 0 Å². The zero-order valence-electron chi connectivity index (χ0n) is 10.6. The molecule has 6 nitrogen and oxygen atoms in total. The van der Waals surface area contributed by atoms with Crippen LogP contribution < -0.4 is 11.1 Å². The van der Waals surface area contributed by atoms with E-state index in [1.54, 1.807) is 25.2 Å². The number of nitrogens with two attached hydrogens (primary N) is 1. The lowest BCUT2D eigenvalue weighted by atomic mass is 10.2. The van der Waals surface area contributed by atoms with Gasteiger partial charge in [0.2, 0.25) is 0 Å². The number of rotatable bonds is 3. The number of carbonyl (C=O) groups excluding carboxylic acids is 1. The van der Waals surface area contributed by atoms with Crippen LogP contribution in [0.15, 0.2) is 18.2 Å². The van der Waals surface area contributed by atoms with E-state index in [1.165, 1.54) is 4.68 Å². The summed E-state index contributed by atoms with van der Waals surface area (Å²) in [5.74, 6) is 0.0121. The van der Waals surface area contributed by atoms with Gasteiger partial charge in [-0.2, -0.15) is 5.10 Å². The zero-order valence-corrected chi connectivity index (χ0v) is 11.4.